The second kappa shape index (κ2) is 5.63. The molecule has 108 valence electrons. The molecule has 0 saturated heterocycles. The van der Waals surface area contributed by atoms with Gasteiger partial charge in [0.1, 0.15) is 5.75 Å². The van der Waals surface area contributed by atoms with Crippen molar-refractivity contribution in [3.05, 3.63) is 40.0 Å². The summed E-state index contributed by atoms with van der Waals surface area (Å²) in [6.45, 7) is 8.45. The Hall–Kier alpha value is -1.88. The molecule has 5 nitrogen and oxygen atoms in total. The Morgan fingerprint density at radius 3 is 2.50 bits per heavy atom. The number of aromatic nitrogens is 3. The van der Waals surface area contributed by atoms with Gasteiger partial charge in [0.2, 0.25) is 0 Å². The number of aliphatic hydroxyl groups excluding tert-OH is 1. The molecule has 0 radical (unpaired) electrons. The smallest absolute Gasteiger partial charge is 0.128 e. The van der Waals surface area contributed by atoms with Crippen molar-refractivity contribution in [2.45, 2.75) is 40.8 Å². The van der Waals surface area contributed by atoms with Gasteiger partial charge in [-0.25, -0.2) is 0 Å². The van der Waals surface area contributed by atoms with Gasteiger partial charge in [-0.3, -0.25) is 9.67 Å². The highest BCUT2D eigenvalue weighted by Gasteiger charge is 2.14. The van der Waals surface area contributed by atoms with E-state index >= 15 is 0 Å². The van der Waals surface area contributed by atoms with Crippen LogP contribution in [0, 0.1) is 27.7 Å². The monoisotopic (exact) mass is 275 g/mol. The normalized spacial score (nSPS) is 10.9. The highest BCUT2D eigenvalue weighted by Crippen LogP contribution is 2.25. The molecule has 0 aliphatic rings. The molecule has 0 saturated carbocycles. The predicted molar refractivity (Wildman–Crippen MR) is 77.0 cm³/mol. The molecule has 0 aliphatic heterocycles. The maximum atomic E-state index is 9.36. The molecule has 2 rings (SSSR count). The third kappa shape index (κ3) is 2.41. The van der Waals surface area contributed by atoms with Crippen LogP contribution in [-0.4, -0.2) is 27.0 Å². The van der Waals surface area contributed by atoms with Crippen molar-refractivity contribution in [2.24, 2.45) is 0 Å². The minimum atomic E-state index is 0.0152. The number of methoxy groups -OCH3 is 1. The van der Waals surface area contributed by atoms with Gasteiger partial charge in [-0.1, -0.05) is 0 Å². The Morgan fingerprint density at radius 2 is 1.95 bits per heavy atom. The number of aliphatic hydroxyl groups is 1. The summed E-state index contributed by atoms with van der Waals surface area (Å²) < 4.78 is 7.30. The fraction of sp³-hybridized carbons (Fsp3) is 0.467. The van der Waals surface area contributed by atoms with E-state index in [9.17, 15) is 5.11 Å². The molecule has 2 heterocycles. The summed E-state index contributed by atoms with van der Waals surface area (Å²) in [7, 11) is 1.67. The zero-order valence-electron chi connectivity index (χ0n) is 12.7. The first-order chi connectivity index (χ1) is 9.49. The second-order valence-electron chi connectivity index (χ2n) is 5.01. The number of rotatable bonds is 4. The predicted octanol–water partition coefficient (Wildman–Crippen LogP) is 2.06. The quantitative estimate of drug-likeness (QED) is 0.928. The highest BCUT2D eigenvalue weighted by molar-refractivity contribution is 5.41. The van der Waals surface area contributed by atoms with E-state index < -0.39 is 0 Å². The molecular formula is C15H21N3O2. The van der Waals surface area contributed by atoms with Gasteiger partial charge in [-0.2, -0.15) is 5.10 Å². The van der Waals surface area contributed by atoms with Gasteiger partial charge in [0.15, 0.2) is 0 Å². The molecule has 0 unspecified atom stereocenters. The molecule has 0 fully saturated rings. The number of nitrogens with zero attached hydrogens (tertiary/aromatic N) is 3. The molecule has 1 N–H and O–H groups in total. The molecule has 2 aromatic rings. The lowest BCUT2D eigenvalue weighted by atomic mass is 10.1. The third-order valence-electron chi connectivity index (χ3n) is 3.74. The van der Waals surface area contributed by atoms with Gasteiger partial charge in [0.25, 0.3) is 0 Å². The van der Waals surface area contributed by atoms with E-state index in [1.165, 1.54) is 0 Å². The molecule has 0 aromatic carbocycles. The lowest BCUT2D eigenvalue weighted by molar-refractivity contribution is 0.280. The molecule has 5 heteroatoms. The lowest BCUT2D eigenvalue weighted by Gasteiger charge is -2.13. The SMILES string of the molecule is COc1c(C)cnc(Cn2nc(C)c(CO)c2C)c1C. The largest absolute Gasteiger partial charge is 0.496 e. The first-order valence-corrected chi connectivity index (χ1v) is 6.62. The van der Waals surface area contributed by atoms with Crippen LogP contribution >= 0.6 is 0 Å². The van der Waals surface area contributed by atoms with Crippen LogP contribution in [0.2, 0.25) is 0 Å². The number of ether oxygens (including phenoxy) is 1. The zero-order valence-corrected chi connectivity index (χ0v) is 12.7. The summed E-state index contributed by atoms with van der Waals surface area (Å²) in [4.78, 5) is 4.48. The molecule has 0 bridgehead atoms. The van der Waals surface area contributed by atoms with Gasteiger partial charge in [0, 0.05) is 28.6 Å². The second-order valence-corrected chi connectivity index (χ2v) is 5.01. The molecule has 0 aliphatic carbocycles. The zero-order chi connectivity index (χ0) is 14.9. The summed E-state index contributed by atoms with van der Waals surface area (Å²) >= 11 is 0. The first-order valence-electron chi connectivity index (χ1n) is 6.62. The van der Waals surface area contributed by atoms with Crippen LogP contribution in [-0.2, 0) is 13.2 Å². The Kier molecular flexibility index (Phi) is 4.09. The molecule has 0 amide bonds. The molecule has 0 spiro atoms. The van der Waals surface area contributed by atoms with Crippen molar-refractivity contribution in [3.8, 4) is 5.75 Å². The number of hydrogen-bond donors (Lipinski definition) is 1. The van der Waals surface area contributed by atoms with Gasteiger partial charge in [-0.15, -0.1) is 0 Å². The van der Waals surface area contributed by atoms with Gasteiger partial charge in [-0.05, 0) is 27.7 Å². The van der Waals surface area contributed by atoms with E-state index in [-0.39, 0.29) is 6.61 Å². The summed E-state index contributed by atoms with van der Waals surface area (Å²) in [6, 6.07) is 0. The van der Waals surface area contributed by atoms with Crippen LogP contribution in [0.15, 0.2) is 6.20 Å². The average molecular weight is 275 g/mol. The molecule has 2 aromatic heterocycles. The average Bonchev–Trinajstić information content (AvgIpc) is 2.68. The fourth-order valence-corrected chi connectivity index (χ4v) is 2.49. The van der Waals surface area contributed by atoms with Crippen LogP contribution in [0.3, 0.4) is 0 Å². The van der Waals surface area contributed by atoms with Crippen LogP contribution < -0.4 is 4.74 Å². The van der Waals surface area contributed by atoms with E-state index in [1.807, 2.05) is 38.6 Å². The summed E-state index contributed by atoms with van der Waals surface area (Å²) in [5, 5.41) is 13.8. The molecular weight excluding hydrogens is 254 g/mol. The van der Waals surface area contributed by atoms with Crippen LogP contribution in [0.4, 0.5) is 0 Å². The van der Waals surface area contributed by atoms with Crippen LogP contribution in [0.25, 0.3) is 0 Å². The maximum Gasteiger partial charge on any atom is 0.128 e. The number of aryl methyl sites for hydroxylation is 2. The van der Waals surface area contributed by atoms with E-state index in [1.54, 1.807) is 7.11 Å². The third-order valence-corrected chi connectivity index (χ3v) is 3.74. The number of hydrogen-bond acceptors (Lipinski definition) is 4. The van der Waals surface area contributed by atoms with E-state index in [0.717, 1.165) is 39.5 Å². The Bertz CT molecular complexity index is 633. The molecule has 0 atom stereocenters. The molecule has 20 heavy (non-hydrogen) atoms. The van der Waals surface area contributed by atoms with E-state index in [4.69, 9.17) is 4.74 Å². The van der Waals surface area contributed by atoms with Gasteiger partial charge < -0.3 is 9.84 Å². The van der Waals surface area contributed by atoms with Gasteiger partial charge in [0.05, 0.1) is 31.6 Å². The van der Waals surface area contributed by atoms with Crippen molar-refractivity contribution < 1.29 is 9.84 Å². The van der Waals surface area contributed by atoms with Crippen molar-refractivity contribution in [2.75, 3.05) is 7.11 Å². The highest BCUT2D eigenvalue weighted by atomic mass is 16.5. The number of pyridine rings is 1. The van der Waals surface area contributed by atoms with Crippen molar-refractivity contribution in [1.29, 1.82) is 0 Å². The van der Waals surface area contributed by atoms with Crippen molar-refractivity contribution in [1.82, 2.24) is 14.8 Å². The Labute approximate surface area is 119 Å². The lowest BCUT2D eigenvalue weighted by Crippen LogP contribution is -2.09. The Morgan fingerprint density at radius 1 is 1.25 bits per heavy atom. The van der Waals surface area contributed by atoms with E-state index in [0.29, 0.717) is 6.54 Å². The summed E-state index contributed by atoms with van der Waals surface area (Å²) in [5.41, 5.74) is 5.72. The van der Waals surface area contributed by atoms with Crippen LogP contribution in [0.1, 0.15) is 33.8 Å². The fourth-order valence-electron chi connectivity index (χ4n) is 2.49. The topological polar surface area (TPSA) is 60.2 Å². The summed E-state index contributed by atoms with van der Waals surface area (Å²) in [5.74, 6) is 0.874. The van der Waals surface area contributed by atoms with E-state index in [2.05, 4.69) is 10.1 Å². The minimum absolute atomic E-state index is 0.0152. The first kappa shape index (κ1) is 14.5. The Balaban J connectivity index is 2.40. The van der Waals surface area contributed by atoms with Crippen LogP contribution in [0.5, 0.6) is 5.75 Å². The van der Waals surface area contributed by atoms with Crippen molar-refractivity contribution >= 4 is 0 Å². The summed E-state index contributed by atoms with van der Waals surface area (Å²) in [6.07, 6.45) is 1.82. The minimum Gasteiger partial charge on any atom is -0.496 e. The standard InChI is InChI=1S/C15H21N3O2/c1-9-6-16-14(10(2)15(9)20-5)7-18-12(4)13(8-19)11(3)17-18/h6,19H,7-8H2,1-5H3. The van der Waals surface area contributed by atoms with Crippen molar-refractivity contribution in [3.63, 3.8) is 0 Å². The van der Waals surface area contributed by atoms with Gasteiger partial charge >= 0.3 is 0 Å². The maximum absolute atomic E-state index is 9.36.